The molecule has 1 aromatic rings. The van der Waals surface area contributed by atoms with Gasteiger partial charge in [-0.3, -0.25) is 4.79 Å². The van der Waals surface area contributed by atoms with Crippen molar-refractivity contribution in [2.75, 3.05) is 6.54 Å². The Hall–Kier alpha value is -1.81. The zero-order valence-corrected chi connectivity index (χ0v) is 11.4. The van der Waals surface area contributed by atoms with Crippen LogP contribution in [0.25, 0.3) is 0 Å². The fraction of sp³-hybridized carbons (Fsp3) is 0.364. The Kier molecular flexibility index (Phi) is 5.55. The van der Waals surface area contributed by atoms with Gasteiger partial charge in [0.05, 0.1) is 0 Å². The number of hydrogen-bond acceptors (Lipinski definition) is 4. The van der Waals surface area contributed by atoms with Gasteiger partial charge in [0.25, 0.3) is 0 Å². The van der Waals surface area contributed by atoms with Crippen molar-refractivity contribution in [2.24, 2.45) is 0 Å². The maximum absolute atomic E-state index is 12.2. The lowest BCUT2D eigenvalue weighted by Gasteiger charge is -2.13. The van der Waals surface area contributed by atoms with E-state index in [1.165, 1.54) is 12.1 Å². The molecule has 2 N–H and O–H groups in total. The molecule has 0 unspecified atom stereocenters. The first kappa shape index (κ1) is 17.2. The molecule has 0 aromatic heterocycles. The maximum Gasteiger partial charge on any atom is 0.573 e. The number of carboxylic acids is 1. The van der Waals surface area contributed by atoms with Crippen molar-refractivity contribution in [3.63, 3.8) is 0 Å². The van der Waals surface area contributed by atoms with E-state index < -0.39 is 33.0 Å². The molecule has 0 spiro atoms. The van der Waals surface area contributed by atoms with Crippen LogP contribution in [0.15, 0.2) is 29.2 Å². The van der Waals surface area contributed by atoms with E-state index in [-0.39, 0.29) is 19.4 Å². The van der Waals surface area contributed by atoms with E-state index in [0.717, 1.165) is 12.1 Å². The number of alkyl halides is 3. The van der Waals surface area contributed by atoms with Gasteiger partial charge in [-0.25, -0.2) is 13.1 Å². The number of carbonyl (C=O) groups is 1. The highest BCUT2D eigenvalue weighted by molar-refractivity contribution is 7.89. The number of benzene rings is 1. The maximum atomic E-state index is 12.2. The number of ether oxygens (including phenoxy) is 1. The summed E-state index contributed by atoms with van der Waals surface area (Å²) in [4.78, 5) is 9.61. The van der Waals surface area contributed by atoms with Crippen molar-refractivity contribution in [2.45, 2.75) is 24.1 Å². The summed E-state index contributed by atoms with van der Waals surface area (Å²) in [5.74, 6) is -1.95. The topological polar surface area (TPSA) is 92.7 Å². The van der Waals surface area contributed by atoms with E-state index in [1.54, 1.807) is 0 Å². The number of sulfonamides is 1. The quantitative estimate of drug-likeness (QED) is 0.744. The average molecular weight is 327 g/mol. The van der Waals surface area contributed by atoms with Crippen LogP contribution in [0.3, 0.4) is 0 Å². The van der Waals surface area contributed by atoms with Gasteiger partial charge in [-0.2, -0.15) is 0 Å². The number of nitrogens with one attached hydrogen (secondary N) is 1. The summed E-state index contributed by atoms with van der Waals surface area (Å²) in [5, 5.41) is 8.41. The van der Waals surface area contributed by atoms with Crippen molar-refractivity contribution in [1.82, 2.24) is 4.72 Å². The van der Waals surface area contributed by atoms with Crippen molar-refractivity contribution in [3.05, 3.63) is 24.3 Å². The minimum Gasteiger partial charge on any atom is -0.481 e. The number of para-hydroxylation sites is 1. The molecule has 0 aliphatic carbocycles. The lowest BCUT2D eigenvalue weighted by atomic mass is 10.3. The minimum absolute atomic E-state index is 0.0108. The number of aliphatic carboxylic acids is 1. The van der Waals surface area contributed by atoms with E-state index in [2.05, 4.69) is 4.74 Å². The highest BCUT2D eigenvalue weighted by Crippen LogP contribution is 2.29. The second-order valence-corrected chi connectivity index (χ2v) is 5.62. The van der Waals surface area contributed by atoms with Gasteiger partial charge in [-0.15, -0.1) is 13.2 Å². The number of rotatable bonds is 7. The summed E-state index contributed by atoms with van der Waals surface area (Å²) in [6, 6.07) is 4.28. The molecule has 0 atom stereocenters. The van der Waals surface area contributed by atoms with E-state index in [9.17, 15) is 26.4 Å². The predicted molar refractivity (Wildman–Crippen MR) is 65.2 cm³/mol. The summed E-state index contributed by atoms with van der Waals surface area (Å²) in [5.41, 5.74) is 0. The fourth-order valence-corrected chi connectivity index (χ4v) is 2.61. The molecule has 0 amide bonds. The van der Waals surface area contributed by atoms with Crippen LogP contribution in [0.1, 0.15) is 12.8 Å². The molecule has 0 fully saturated rings. The first-order valence-corrected chi connectivity index (χ1v) is 7.16. The van der Waals surface area contributed by atoms with Gasteiger partial charge in [0, 0.05) is 13.0 Å². The molecular weight excluding hydrogens is 315 g/mol. The summed E-state index contributed by atoms with van der Waals surface area (Å²) in [7, 11) is -4.23. The molecule has 10 heteroatoms. The third-order valence-electron chi connectivity index (χ3n) is 2.22. The number of carboxylic acid groups (broad SMARTS) is 1. The number of hydrogen-bond donors (Lipinski definition) is 2. The second-order valence-electron chi connectivity index (χ2n) is 3.89. The van der Waals surface area contributed by atoms with E-state index in [4.69, 9.17) is 5.11 Å². The molecule has 21 heavy (non-hydrogen) atoms. The normalized spacial score (nSPS) is 12.1. The van der Waals surface area contributed by atoms with Gasteiger partial charge in [-0.05, 0) is 18.6 Å². The Morgan fingerprint density at radius 3 is 2.48 bits per heavy atom. The van der Waals surface area contributed by atoms with Gasteiger partial charge in [0.2, 0.25) is 10.0 Å². The molecular formula is C11H12F3NO5S. The molecule has 118 valence electrons. The Balaban J connectivity index is 2.85. The predicted octanol–water partition coefficient (Wildman–Crippen LogP) is 1.73. The van der Waals surface area contributed by atoms with Gasteiger partial charge >= 0.3 is 12.3 Å². The number of halogens is 3. The molecule has 1 rings (SSSR count). The Morgan fingerprint density at radius 2 is 1.90 bits per heavy atom. The van der Waals surface area contributed by atoms with E-state index in [1.807, 2.05) is 4.72 Å². The van der Waals surface area contributed by atoms with Crippen LogP contribution in [0.2, 0.25) is 0 Å². The highest BCUT2D eigenvalue weighted by Gasteiger charge is 2.33. The van der Waals surface area contributed by atoms with Crippen molar-refractivity contribution < 1.29 is 36.2 Å². The first-order chi connectivity index (χ1) is 9.62. The molecule has 6 nitrogen and oxygen atoms in total. The summed E-state index contributed by atoms with van der Waals surface area (Å²) in [6.45, 7) is -0.213. The lowest BCUT2D eigenvalue weighted by molar-refractivity contribution is -0.275. The third kappa shape index (κ3) is 6.00. The molecule has 0 heterocycles. The molecule has 0 aliphatic heterocycles. The summed E-state index contributed by atoms with van der Waals surface area (Å²) >= 11 is 0. The van der Waals surface area contributed by atoms with Gasteiger partial charge < -0.3 is 9.84 Å². The van der Waals surface area contributed by atoms with E-state index >= 15 is 0 Å². The fourth-order valence-electron chi connectivity index (χ4n) is 1.41. The van der Waals surface area contributed by atoms with Crippen LogP contribution < -0.4 is 9.46 Å². The summed E-state index contributed by atoms with van der Waals surface area (Å²) in [6.07, 6.45) is -5.27. The largest absolute Gasteiger partial charge is 0.573 e. The van der Waals surface area contributed by atoms with Gasteiger partial charge in [0.15, 0.2) is 0 Å². The molecule has 1 aromatic carbocycles. The van der Waals surface area contributed by atoms with Crippen molar-refractivity contribution in [3.8, 4) is 5.75 Å². The van der Waals surface area contributed by atoms with Gasteiger partial charge in [0.1, 0.15) is 10.6 Å². The van der Waals surface area contributed by atoms with Crippen LogP contribution in [0.5, 0.6) is 5.75 Å². The van der Waals surface area contributed by atoms with Crippen molar-refractivity contribution in [1.29, 1.82) is 0 Å². The SMILES string of the molecule is O=C(O)CCCNS(=O)(=O)c1ccccc1OC(F)(F)F. The zero-order valence-electron chi connectivity index (χ0n) is 10.6. The van der Waals surface area contributed by atoms with Crippen LogP contribution >= 0.6 is 0 Å². The van der Waals surface area contributed by atoms with Gasteiger partial charge in [-0.1, -0.05) is 12.1 Å². The van der Waals surface area contributed by atoms with Crippen LogP contribution in [0.4, 0.5) is 13.2 Å². The van der Waals surface area contributed by atoms with Crippen LogP contribution in [-0.4, -0.2) is 32.4 Å². The van der Waals surface area contributed by atoms with Crippen molar-refractivity contribution >= 4 is 16.0 Å². The Bertz CT molecular complexity index is 600. The summed E-state index contributed by atoms with van der Waals surface area (Å²) < 4.78 is 66.0. The smallest absolute Gasteiger partial charge is 0.481 e. The second kappa shape index (κ2) is 6.76. The molecule has 0 saturated heterocycles. The standard InChI is InChI=1S/C11H12F3NO5S/c12-11(13,14)20-8-4-1-2-5-9(8)21(18,19)15-7-3-6-10(16)17/h1-2,4-5,15H,3,6-7H2,(H,16,17). The zero-order chi connectivity index (χ0) is 16.1. The third-order valence-corrected chi connectivity index (χ3v) is 3.72. The van der Waals surface area contributed by atoms with Crippen LogP contribution in [0, 0.1) is 0 Å². The highest BCUT2D eigenvalue weighted by atomic mass is 32.2. The van der Waals surface area contributed by atoms with E-state index in [0.29, 0.717) is 0 Å². The molecule has 0 radical (unpaired) electrons. The molecule has 0 bridgehead atoms. The molecule has 0 saturated carbocycles. The average Bonchev–Trinajstić information content (AvgIpc) is 2.33. The minimum atomic E-state index is -5.02. The Labute approximate surface area is 118 Å². The molecule has 0 aliphatic rings. The lowest BCUT2D eigenvalue weighted by Crippen LogP contribution is -2.27. The van der Waals surface area contributed by atoms with Crippen LogP contribution in [-0.2, 0) is 14.8 Å². The first-order valence-electron chi connectivity index (χ1n) is 5.68. The Morgan fingerprint density at radius 1 is 1.29 bits per heavy atom. The monoisotopic (exact) mass is 327 g/mol.